The average molecular weight is 301 g/mol. The van der Waals surface area contributed by atoms with E-state index in [1.165, 1.54) is 12.1 Å². The topological polar surface area (TPSA) is 52.5 Å². The molecule has 0 radical (unpaired) electrons. The van der Waals surface area contributed by atoms with Crippen molar-refractivity contribution in [3.63, 3.8) is 0 Å². The summed E-state index contributed by atoms with van der Waals surface area (Å²) in [7, 11) is 0. The predicted molar refractivity (Wildman–Crippen MR) is 80.0 cm³/mol. The molecule has 2 heterocycles. The fraction of sp³-hybridized carbons (Fsp3) is 0.200. The van der Waals surface area contributed by atoms with Gasteiger partial charge < -0.3 is 9.32 Å². The molecule has 3 rings (SSSR count). The molecule has 6 heteroatoms. The zero-order chi connectivity index (χ0) is 14.7. The van der Waals surface area contributed by atoms with Crippen molar-refractivity contribution in [3.05, 3.63) is 48.0 Å². The van der Waals surface area contributed by atoms with Crippen LogP contribution in [0, 0.1) is 17.3 Å². The minimum Gasteiger partial charge on any atom is -0.459 e. The molecule has 1 aromatic carbocycles. The Bertz CT molecular complexity index is 720. The van der Waals surface area contributed by atoms with E-state index in [9.17, 15) is 4.39 Å². The van der Waals surface area contributed by atoms with E-state index in [1.54, 1.807) is 23.9 Å². The molecule has 2 aromatic rings. The molecule has 0 atom stereocenters. The van der Waals surface area contributed by atoms with Crippen LogP contribution in [0.25, 0.3) is 11.3 Å². The normalized spacial score (nSPS) is 16.4. The monoisotopic (exact) mass is 301 g/mol. The molecule has 0 amide bonds. The van der Waals surface area contributed by atoms with Crippen molar-refractivity contribution in [1.82, 2.24) is 4.90 Å². The van der Waals surface area contributed by atoms with E-state index >= 15 is 0 Å². The molecule has 0 saturated carbocycles. The van der Waals surface area contributed by atoms with Gasteiger partial charge in [0.25, 0.3) is 0 Å². The lowest BCUT2D eigenvalue weighted by Crippen LogP contribution is -2.23. The molecule has 1 aliphatic heterocycles. The van der Waals surface area contributed by atoms with Crippen LogP contribution in [0.15, 0.2) is 45.8 Å². The van der Waals surface area contributed by atoms with Gasteiger partial charge in [-0.05, 0) is 24.3 Å². The molecule has 1 aromatic heterocycles. The summed E-state index contributed by atoms with van der Waals surface area (Å²) in [6, 6.07) is 10.00. The fourth-order valence-electron chi connectivity index (χ4n) is 2.17. The number of hydrogen-bond acceptors (Lipinski definition) is 4. The minimum absolute atomic E-state index is 0.287. The summed E-state index contributed by atoms with van der Waals surface area (Å²) in [6.07, 6.45) is 1.82. The Labute approximate surface area is 125 Å². The Hall–Kier alpha value is -2.26. The number of aliphatic imine (C=N–C) groups is 1. The van der Waals surface area contributed by atoms with Crippen molar-refractivity contribution in [2.45, 2.75) is 6.54 Å². The summed E-state index contributed by atoms with van der Waals surface area (Å²) in [4.78, 5) is 5.80. The highest BCUT2D eigenvalue weighted by atomic mass is 32.2. The molecular weight excluding hydrogens is 289 g/mol. The number of halogens is 1. The van der Waals surface area contributed by atoms with E-state index in [0.717, 1.165) is 23.2 Å². The van der Waals surface area contributed by atoms with Gasteiger partial charge in [-0.25, -0.2) is 4.39 Å². The summed E-state index contributed by atoms with van der Waals surface area (Å²) >= 11 is 1.56. The third-order valence-electron chi connectivity index (χ3n) is 3.13. The highest BCUT2D eigenvalue weighted by molar-refractivity contribution is 8.14. The van der Waals surface area contributed by atoms with Crippen LogP contribution in [0.2, 0.25) is 0 Å². The van der Waals surface area contributed by atoms with E-state index in [1.807, 2.05) is 23.2 Å². The predicted octanol–water partition coefficient (Wildman–Crippen LogP) is 3.47. The Morgan fingerprint density at radius 1 is 1.38 bits per heavy atom. The van der Waals surface area contributed by atoms with Gasteiger partial charge in [0.15, 0.2) is 5.17 Å². The van der Waals surface area contributed by atoms with E-state index < -0.39 is 0 Å². The van der Waals surface area contributed by atoms with Crippen molar-refractivity contribution in [2.75, 3.05) is 12.3 Å². The average Bonchev–Trinajstić information content (AvgIpc) is 3.10. The minimum atomic E-state index is -0.287. The Balaban J connectivity index is 1.77. The Kier molecular flexibility index (Phi) is 3.93. The first kappa shape index (κ1) is 13.7. The van der Waals surface area contributed by atoms with E-state index in [4.69, 9.17) is 9.68 Å². The van der Waals surface area contributed by atoms with E-state index in [-0.39, 0.29) is 5.82 Å². The van der Waals surface area contributed by atoms with Crippen molar-refractivity contribution in [1.29, 1.82) is 5.26 Å². The van der Waals surface area contributed by atoms with Crippen molar-refractivity contribution in [3.8, 4) is 17.5 Å². The van der Waals surface area contributed by atoms with Crippen LogP contribution in [0.5, 0.6) is 0 Å². The molecule has 21 heavy (non-hydrogen) atoms. The van der Waals surface area contributed by atoms with Gasteiger partial charge in [0.05, 0.1) is 6.54 Å². The maximum atomic E-state index is 13.2. The van der Waals surface area contributed by atoms with Crippen LogP contribution in [-0.2, 0) is 6.54 Å². The second-order valence-electron chi connectivity index (χ2n) is 4.54. The SMILES string of the molecule is N#CN=C1SCCN1Cc1ccc(-c2cccc(F)c2)o1. The highest BCUT2D eigenvalue weighted by Gasteiger charge is 2.21. The number of nitrogens with zero attached hydrogens (tertiary/aromatic N) is 3. The van der Waals surface area contributed by atoms with Gasteiger partial charge in [0.1, 0.15) is 17.3 Å². The standard InChI is InChI=1S/C15H12FN3OS/c16-12-3-1-2-11(8-12)14-5-4-13(20-14)9-19-6-7-21-15(19)18-10-17/h1-5,8H,6-7,9H2. The number of benzene rings is 1. The van der Waals surface area contributed by atoms with Gasteiger partial charge in [0.2, 0.25) is 6.19 Å². The van der Waals surface area contributed by atoms with Gasteiger partial charge >= 0.3 is 0 Å². The lowest BCUT2D eigenvalue weighted by atomic mass is 10.2. The number of rotatable bonds is 3. The molecule has 0 aliphatic carbocycles. The van der Waals surface area contributed by atoms with Crippen LogP contribution >= 0.6 is 11.8 Å². The van der Waals surface area contributed by atoms with Crippen molar-refractivity contribution in [2.24, 2.45) is 4.99 Å². The molecule has 4 nitrogen and oxygen atoms in total. The largest absolute Gasteiger partial charge is 0.459 e. The van der Waals surface area contributed by atoms with Gasteiger partial charge in [0, 0.05) is 17.9 Å². The quantitative estimate of drug-likeness (QED) is 0.815. The molecule has 106 valence electrons. The number of nitriles is 1. The summed E-state index contributed by atoms with van der Waals surface area (Å²) < 4.78 is 19.0. The Morgan fingerprint density at radius 3 is 3.10 bits per heavy atom. The molecule has 1 saturated heterocycles. The zero-order valence-corrected chi connectivity index (χ0v) is 11.9. The highest BCUT2D eigenvalue weighted by Crippen LogP contribution is 2.25. The van der Waals surface area contributed by atoms with E-state index in [2.05, 4.69) is 4.99 Å². The molecule has 0 N–H and O–H groups in total. The number of furan rings is 1. The van der Waals surface area contributed by atoms with Crippen LogP contribution in [0.1, 0.15) is 5.76 Å². The lowest BCUT2D eigenvalue weighted by molar-refractivity contribution is 0.392. The maximum absolute atomic E-state index is 13.2. The van der Waals surface area contributed by atoms with Crippen LogP contribution in [0.4, 0.5) is 4.39 Å². The first-order valence-corrected chi connectivity index (χ1v) is 7.44. The first-order valence-electron chi connectivity index (χ1n) is 6.45. The van der Waals surface area contributed by atoms with Gasteiger partial charge in [-0.3, -0.25) is 0 Å². The van der Waals surface area contributed by atoms with Crippen LogP contribution in [-0.4, -0.2) is 22.4 Å². The summed E-state index contributed by atoms with van der Waals surface area (Å²) in [5.74, 6) is 2.03. The lowest BCUT2D eigenvalue weighted by Gasteiger charge is -2.14. The van der Waals surface area contributed by atoms with Crippen molar-refractivity contribution >= 4 is 16.9 Å². The number of thioether (sulfide) groups is 1. The van der Waals surface area contributed by atoms with Gasteiger partial charge in [-0.1, -0.05) is 23.9 Å². The zero-order valence-electron chi connectivity index (χ0n) is 11.1. The first-order chi connectivity index (χ1) is 10.3. The molecule has 0 unspecified atom stereocenters. The third-order valence-corrected chi connectivity index (χ3v) is 4.12. The summed E-state index contributed by atoms with van der Waals surface area (Å²) in [5, 5.41) is 9.38. The smallest absolute Gasteiger partial charge is 0.208 e. The number of hydrogen-bond donors (Lipinski definition) is 0. The Morgan fingerprint density at radius 2 is 2.29 bits per heavy atom. The maximum Gasteiger partial charge on any atom is 0.208 e. The van der Waals surface area contributed by atoms with Crippen LogP contribution in [0.3, 0.4) is 0 Å². The second-order valence-corrected chi connectivity index (χ2v) is 5.60. The molecule has 1 fully saturated rings. The fourth-order valence-corrected chi connectivity index (χ4v) is 3.11. The summed E-state index contributed by atoms with van der Waals surface area (Å²) in [5.41, 5.74) is 0.711. The molecular formula is C15H12FN3OS. The van der Waals surface area contributed by atoms with Crippen LogP contribution < -0.4 is 0 Å². The van der Waals surface area contributed by atoms with Gasteiger partial charge in [-0.2, -0.15) is 5.26 Å². The molecule has 0 spiro atoms. The van der Waals surface area contributed by atoms with Gasteiger partial charge in [-0.15, -0.1) is 4.99 Å². The van der Waals surface area contributed by atoms with E-state index in [0.29, 0.717) is 17.9 Å². The molecule has 1 aliphatic rings. The second kappa shape index (κ2) is 6.02. The summed E-state index contributed by atoms with van der Waals surface area (Å²) in [6.45, 7) is 1.39. The third kappa shape index (κ3) is 3.09. The van der Waals surface area contributed by atoms with Crippen molar-refractivity contribution < 1.29 is 8.81 Å². The molecule has 0 bridgehead atoms. The number of amidine groups is 1.